The van der Waals surface area contributed by atoms with Crippen LogP contribution < -0.4 is 10.6 Å². The first-order valence-corrected chi connectivity index (χ1v) is 11.5. The van der Waals surface area contributed by atoms with Gasteiger partial charge >= 0.3 is 12.1 Å². The zero-order valence-electron chi connectivity index (χ0n) is 18.9. The lowest BCUT2D eigenvalue weighted by molar-refractivity contribution is -0.139. The molecule has 1 fully saturated rings. The van der Waals surface area contributed by atoms with Gasteiger partial charge in [0.25, 0.3) is 5.91 Å². The number of ether oxygens (including phenoxy) is 1. The maximum atomic E-state index is 12.3. The molecular formula is C25H25N5O5. The number of nitrogens with one attached hydrogen (secondary N) is 2. The number of carboxylic acid groups (broad SMARTS) is 1. The van der Waals surface area contributed by atoms with Gasteiger partial charge in [-0.1, -0.05) is 53.7 Å². The molecule has 180 valence electrons. The normalized spacial score (nSPS) is 15.1. The summed E-state index contributed by atoms with van der Waals surface area (Å²) in [6, 6.07) is 15.3. The second kappa shape index (κ2) is 9.57. The Bertz CT molecular complexity index is 1220. The molecule has 1 saturated carbocycles. The number of hydrogen-bond acceptors (Lipinski definition) is 6. The fourth-order valence-electron chi connectivity index (χ4n) is 4.46. The van der Waals surface area contributed by atoms with E-state index in [1.165, 1.54) is 10.9 Å². The number of aromatic nitrogens is 3. The van der Waals surface area contributed by atoms with Crippen molar-refractivity contribution in [2.24, 2.45) is 5.92 Å². The summed E-state index contributed by atoms with van der Waals surface area (Å²) in [6.45, 7) is 0.718. The smallest absolute Gasteiger partial charge is 0.407 e. The minimum absolute atomic E-state index is 0.0187. The lowest BCUT2D eigenvalue weighted by Crippen LogP contribution is -2.42. The van der Waals surface area contributed by atoms with Crippen LogP contribution in [0.5, 0.6) is 0 Å². The Morgan fingerprint density at radius 1 is 1.06 bits per heavy atom. The molecule has 10 nitrogen and oxygen atoms in total. The number of alkyl carbamates (subject to hydrolysis) is 1. The number of hydrogen-bond donors (Lipinski definition) is 3. The second-order valence-electron chi connectivity index (χ2n) is 8.75. The highest BCUT2D eigenvalue weighted by atomic mass is 16.5. The van der Waals surface area contributed by atoms with Crippen molar-refractivity contribution in [3.63, 3.8) is 0 Å². The fraction of sp³-hybridized carbons (Fsp3) is 0.320. The van der Waals surface area contributed by atoms with Gasteiger partial charge in [0.15, 0.2) is 5.69 Å². The number of carboxylic acids is 1. The van der Waals surface area contributed by atoms with Crippen molar-refractivity contribution in [1.29, 1.82) is 0 Å². The van der Waals surface area contributed by atoms with Gasteiger partial charge in [-0.05, 0) is 41.0 Å². The number of fused-ring (bicyclic) bond motifs is 3. The Morgan fingerprint density at radius 3 is 2.34 bits per heavy atom. The third-order valence-corrected chi connectivity index (χ3v) is 6.37. The van der Waals surface area contributed by atoms with E-state index in [1.54, 1.807) is 0 Å². The van der Waals surface area contributed by atoms with Crippen molar-refractivity contribution in [2.45, 2.75) is 31.3 Å². The molecule has 3 aromatic rings. The van der Waals surface area contributed by atoms with Gasteiger partial charge in [0, 0.05) is 12.5 Å². The van der Waals surface area contributed by atoms with Crippen molar-refractivity contribution in [3.05, 3.63) is 71.5 Å². The van der Waals surface area contributed by atoms with Gasteiger partial charge in [-0.3, -0.25) is 4.79 Å². The maximum absolute atomic E-state index is 12.3. The zero-order valence-corrected chi connectivity index (χ0v) is 18.9. The Balaban J connectivity index is 1.10. The number of carbonyl (C=O) groups excluding carboxylic acids is 2. The van der Waals surface area contributed by atoms with Crippen LogP contribution in [-0.2, 0) is 16.1 Å². The summed E-state index contributed by atoms with van der Waals surface area (Å²) in [5.74, 6) is -1.69. The van der Waals surface area contributed by atoms with E-state index in [-0.39, 0.29) is 37.2 Å². The lowest BCUT2D eigenvalue weighted by atomic mass is 9.98. The van der Waals surface area contributed by atoms with Gasteiger partial charge in [-0.25, -0.2) is 14.3 Å². The van der Waals surface area contributed by atoms with Crippen LogP contribution in [0, 0.1) is 5.92 Å². The minimum Gasteiger partial charge on any atom is -0.480 e. The molecule has 2 aromatic carbocycles. The van der Waals surface area contributed by atoms with Crippen molar-refractivity contribution in [1.82, 2.24) is 25.6 Å². The van der Waals surface area contributed by atoms with E-state index < -0.39 is 24.0 Å². The maximum Gasteiger partial charge on any atom is 0.407 e. The number of benzene rings is 2. The predicted octanol–water partition coefficient (Wildman–Crippen LogP) is 2.41. The van der Waals surface area contributed by atoms with Crippen LogP contribution >= 0.6 is 0 Å². The summed E-state index contributed by atoms with van der Waals surface area (Å²) in [7, 11) is 0. The molecule has 10 heteroatoms. The van der Waals surface area contributed by atoms with Crippen LogP contribution in [0.15, 0.2) is 54.7 Å². The molecule has 0 saturated heterocycles. The van der Waals surface area contributed by atoms with Gasteiger partial charge in [0.2, 0.25) is 0 Å². The van der Waals surface area contributed by atoms with E-state index in [9.17, 15) is 19.5 Å². The van der Waals surface area contributed by atoms with Crippen LogP contribution in [0.2, 0.25) is 0 Å². The second-order valence-corrected chi connectivity index (χ2v) is 8.75. The van der Waals surface area contributed by atoms with E-state index >= 15 is 0 Å². The standard InChI is InChI=1S/C25H25N5O5/c31-23(27-22(24(32)33)15-9-10-15)21-13-30(29-28-21)12-11-26-25(34)35-14-20-18-7-3-1-5-16(18)17-6-2-4-8-19(17)20/h1-8,13,15,20,22H,9-12,14H2,(H,26,34)(H,27,31)(H,32,33). The average molecular weight is 476 g/mol. The first kappa shape index (κ1) is 22.6. The number of amides is 2. The average Bonchev–Trinajstić information content (AvgIpc) is 3.50. The topological polar surface area (TPSA) is 135 Å². The first-order valence-electron chi connectivity index (χ1n) is 11.5. The quantitative estimate of drug-likeness (QED) is 0.432. The third kappa shape index (κ3) is 4.86. The summed E-state index contributed by atoms with van der Waals surface area (Å²) < 4.78 is 6.91. The lowest BCUT2D eigenvalue weighted by Gasteiger charge is -2.14. The van der Waals surface area contributed by atoms with E-state index in [2.05, 4.69) is 45.2 Å². The molecule has 5 rings (SSSR count). The summed E-state index contributed by atoms with van der Waals surface area (Å²) in [5.41, 5.74) is 4.63. The highest BCUT2D eigenvalue weighted by Gasteiger charge is 2.37. The molecule has 0 spiro atoms. The van der Waals surface area contributed by atoms with Crippen LogP contribution in [0.3, 0.4) is 0 Å². The molecule has 0 bridgehead atoms. The van der Waals surface area contributed by atoms with Gasteiger partial charge in [-0.15, -0.1) is 5.10 Å². The Hall–Kier alpha value is -4.21. The van der Waals surface area contributed by atoms with E-state index in [4.69, 9.17) is 4.74 Å². The molecule has 0 radical (unpaired) electrons. The first-order chi connectivity index (χ1) is 17.0. The number of rotatable bonds is 9. The minimum atomic E-state index is -1.06. The Labute approximate surface area is 201 Å². The Kier molecular flexibility index (Phi) is 6.17. The molecule has 3 N–H and O–H groups in total. The molecule has 2 aliphatic carbocycles. The molecular weight excluding hydrogens is 450 g/mol. The van der Waals surface area contributed by atoms with Gasteiger partial charge in [0.05, 0.1) is 12.7 Å². The predicted molar refractivity (Wildman–Crippen MR) is 125 cm³/mol. The van der Waals surface area contributed by atoms with Gasteiger partial charge in [0.1, 0.15) is 12.6 Å². The van der Waals surface area contributed by atoms with Crippen LogP contribution in [-0.4, -0.2) is 57.3 Å². The molecule has 2 amide bonds. The number of nitrogens with zero attached hydrogens (tertiary/aromatic N) is 3. The van der Waals surface area contributed by atoms with Gasteiger partial charge in [-0.2, -0.15) is 0 Å². The summed E-state index contributed by atoms with van der Waals surface area (Å²) in [5, 5.41) is 22.1. The van der Waals surface area contributed by atoms with E-state index in [1.807, 2.05) is 24.3 Å². The van der Waals surface area contributed by atoms with Crippen molar-refractivity contribution < 1.29 is 24.2 Å². The zero-order chi connectivity index (χ0) is 24.4. The molecule has 35 heavy (non-hydrogen) atoms. The molecule has 0 aliphatic heterocycles. The number of carbonyl (C=O) groups is 3. The monoisotopic (exact) mass is 475 g/mol. The Morgan fingerprint density at radius 2 is 1.71 bits per heavy atom. The highest BCUT2D eigenvalue weighted by Crippen LogP contribution is 2.44. The van der Waals surface area contributed by atoms with Crippen molar-refractivity contribution >= 4 is 18.0 Å². The fourth-order valence-corrected chi connectivity index (χ4v) is 4.46. The number of aliphatic carboxylic acids is 1. The third-order valence-electron chi connectivity index (χ3n) is 6.37. The molecule has 1 unspecified atom stereocenters. The largest absolute Gasteiger partial charge is 0.480 e. The molecule has 1 aromatic heterocycles. The molecule has 1 atom stereocenters. The van der Waals surface area contributed by atoms with Gasteiger partial charge < -0.3 is 20.5 Å². The summed E-state index contributed by atoms with van der Waals surface area (Å²) in [4.78, 5) is 35.9. The molecule has 1 heterocycles. The highest BCUT2D eigenvalue weighted by molar-refractivity contribution is 5.94. The molecule has 2 aliphatic rings. The van der Waals surface area contributed by atoms with E-state index in [0.29, 0.717) is 0 Å². The van der Waals surface area contributed by atoms with Crippen molar-refractivity contribution in [3.8, 4) is 11.1 Å². The summed E-state index contributed by atoms with van der Waals surface area (Å²) >= 11 is 0. The van der Waals surface area contributed by atoms with Crippen LogP contribution in [0.25, 0.3) is 11.1 Å². The van der Waals surface area contributed by atoms with E-state index in [0.717, 1.165) is 35.1 Å². The summed E-state index contributed by atoms with van der Waals surface area (Å²) in [6.07, 6.45) is 2.44. The van der Waals surface area contributed by atoms with Crippen LogP contribution in [0.4, 0.5) is 4.79 Å². The van der Waals surface area contributed by atoms with Crippen molar-refractivity contribution in [2.75, 3.05) is 13.2 Å². The SMILES string of the molecule is O=C(NCCn1cc(C(=O)NC(C(=O)O)C2CC2)nn1)OCC1c2ccccc2-c2ccccc21. The van der Waals surface area contributed by atoms with Crippen LogP contribution in [0.1, 0.15) is 40.4 Å².